The van der Waals surface area contributed by atoms with Crippen molar-refractivity contribution < 1.29 is 47.8 Å². The van der Waals surface area contributed by atoms with Gasteiger partial charge in [-0.15, -0.1) is 0 Å². The summed E-state index contributed by atoms with van der Waals surface area (Å²) in [6.45, 7) is 18.9. The number of likely N-dealkylation sites (N-methyl/N-ethyl adjacent to an activating group) is 7. The second kappa shape index (κ2) is 43.8. The van der Waals surface area contributed by atoms with Gasteiger partial charge in [0.25, 0.3) is 41.4 Å². The van der Waals surface area contributed by atoms with Crippen LogP contribution in [0.25, 0.3) is 0 Å². The maximum atomic E-state index is 12.9. The molecule has 140 heavy (non-hydrogen) atoms. The molecule has 7 fully saturated rings. The number of carbonyl (C=O) groups is 7. The van der Waals surface area contributed by atoms with Crippen LogP contribution in [0, 0.1) is 47.3 Å². The van der Waals surface area contributed by atoms with Gasteiger partial charge in [-0.3, -0.25) is 38.2 Å². The van der Waals surface area contributed by atoms with Gasteiger partial charge < -0.3 is 89.4 Å². The highest BCUT2D eigenvalue weighted by Crippen LogP contribution is 2.41. The van der Waals surface area contributed by atoms with Gasteiger partial charge in [0.05, 0.1) is 55.5 Å². The molecule has 39 heteroatoms. The third-order valence-corrected chi connectivity index (χ3v) is 30.4. The molecular formula is C101H125Cl4N25O10. The molecule has 0 spiro atoms. The third kappa shape index (κ3) is 22.6. The summed E-state index contributed by atoms with van der Waals surface area (Å²) in [4.78, 5) is 146. The van der Waals surface area contributed by atoms with Crippen molar-refractivity contribution in [1.82, 2.24) is 84.0 Å². The fourth-order valence-electron chi connectivity index (χ4n) is 20.1. The quantitative estimate of drug-likeness (QED) is 0.0500. The zero-order valence-electron chi connectivity index (χ0n) is 81.1. The van der Waals surface area contributed by atoms with Crippen molar-refractivity contribution >= 4 is 135 Å². The number of fused-ring (bicyclic) bond motifs is 4. The van der Waals surface area contributed by atoms with Gasteiger partial charge in [0.2, 0.25) is 23.8 Å². The van der Waals surface area contributed by atoms with Gasteiger partial charge in [0.1, 0.15) is 20.1 Å². The van der Waals surface area contributed by atoms with Crippen molar-refractivity contribution in [1.29, 1.82) is 0 Å². The van der Waals surface area contributed by atoms with Crippen LogP contribution in [0.4, 0.5) is 47.1 Å². The second-order valence-corrected chi connectivity index (χ2v) is 40.4. The highest BCUT2D eigenvalue weighted by Gasteiger charge is 2.44. The van der Waals surface area contributed by atoms with Crippen LogP contribution < -0.4 is 40.9 Å². The molecule has 20 rings (SSSR count). The molecule has 0 bridgehead atoms. The molecule has 742 valence electrons. The third-order valence-electron chi connectivity index (χ3n) is 29.3. The summed E-state index contributed by atoms with van der Waals surface area (Å²) < 4.78 is 19.4. The van der Waals surface area contributed by atoms with E-state index < -0.39 is 18.3 Å². The predicted molar refractivity (Wildman–Crippen MR) is 539 cm³/mol. The Kier molecular flexibility index (Phi) is 31.1. The van der Waals surface area contributed by atoms with Crippen molar-refractivity contribution in [3.63, 3.8) is 0 Å². The van der Waals surface area contributed by atoms with E-state index in [9.17, 15) is 33.6 Å². The van der Waals surface area contributed by atoms with Gasteiger partial charge >= 0.3 is 0 Å². The molecule has 5 aromatic rings. The first-order chi connectivity index (χ1) is 67.4. The first-order valence-corrected chi connectivity index (χ1v) is 50.4. The Bertz CT molecular complexity index is 5710. The Morgan fingerprint density at radius 2 is 0.636 bits per heavy atom. The molecule has 7 amide bonds. The number of hydrogen-bond donors (Lipinski definition) is 4. The average molecular weight is 1990 g/mol. The molecule has 5 aromatic heterocycles. The molecule has 10 unspecified atom stereocenters. The topological polar surface area (TPSA) is 352 Å². The lowest BCUT2D eigenvalue weighted by Gasteiger charge is -2.37. The number of carbonyl (C=O) groups excluding carboxylic acids is 7. The monoisotopic (exact) mass is 1990 g/mol. The van der Waals surface area contributed by atoms with E-state index >= 15 is 0 Å². The molecule has 35 nitrogen and oxygen atoms in total. The Hall–Kier alpha value is -12.3. The summed E-state index contributed by atoms with van der Waals surface area (Å²) in [7, 11) is 12.3. The fraction of sp³-hybridized carbons (Fsp3) is 0.505. The van der Waals surface area contributed by atoms with Gasteiger partial charge in [0, 0.05) is 205 Å². The van der Waals surface area contributed by atoms with E-state index in [1.54, 1.807) is 112 Å². The van der Waals surface area contributed by atoms with Gasteiger partial charge in [-0.2, -0.15) is 25.0 Å². The number of anilines is 8. The largest absolute Gasteiger partial charge is 0.475 e. The Morgan fingerprint density at radius 1 is 0.357 bits per heavy atom. The summed E-state index contributed by atoms with van der Waals surface area (Å²) in [6, 6.07) is 1.45. The molecular weight excluding hydrogens is 1870 g/mol. The zero-order valence-corrected chi connectivity index (χ0v) is 84.1. The van der Waals surface area contributed by atoms with E-state index in [4.69, 9.17) is 80.6 Å². The van der Waals surface area contributed by atoms with Crippen molar-refractivity contribution in [2.24, 2.45) is 47.3 Å². The molecule has 11 aliphatic heterocycles. The molecule has 4 N–H and O–H groups in total. The van der Waals surface area contributed by atoms with Crippen LogP contribution in [0.2, 0.25) is 20.1 Å². The number of likely N-dealkylation sites (tertiary alicyclic amines) is 3. The van der Waals surface area contributed by atoms with E-state index in [1.807, 2.05) is 110 Å². The summed E-state index contributed by atoms with van der Waals surface area (Å²) >= 11 is 25.7. The molecule has 7 saturated heterocycles. The number of aromatic nitrogens is 10. The number of allylic oxidation sites excluding steroid dienone is 4. The first-order valence-electron chi connectivity index (χ1n) is 48.9. The van der Waals surface area contributed by atoms with E-state index in [0.717, 1.165) is 156 Å². The van der Waals surface area contributed by atoms with Crippen LogP contribution in [0.3, 0.4) is 0 Å². The normalized spacial score (nSPS) is 26.0. The number of nitrogens with zero attached hydrogens (tertiary/aromatic N) is 21. The summed E-state index contributed by atoms with van der Waals surface area (Å²) in [6.07, 6.45) is 53.1. The fourth-order valence-corrected chi connectivity index (χ4v) is 20.7. The highest BCUT2D eigenvalue weighted by atomic mass is 35.5. The van der Waals surface area contributed by atoms with E-state index in [-0.39, 0.29) is 106 Å². The van der Waals surface area contributed by atoms with Crippen molar-refractivity contribution in [3.8, 4) is 0 Å². The standard InChI is InChI=1S/2C26H33ClN6O3.C25H31ClN6O3.C24H28ClN7O/c2*1-4-16-7-11-33(12-8-16)26-28-15-19(27)23(30-26)29-18-5-6-20-17(13-18)14-22(25(35)32(20)3)36-21-9-10-31(2)24(21)34;1-15-6-10-32(11-7-15)25-27-14-18(26)22(29-25)28-17-4-5-19-16(12-17)13-21(24(34)31(19)3)35-20-8-9-30(2)23(20)33;1-16-6-10-31(11-7-16)24-26-14-20(25)22(29-24)28-19-4-5-21-17(13-19)12-18(23(33)30(21)2)15-32-9-3-8-27-32/h2*5-6,13-17,20-21H,4,7-12H2,1-3H3,(H,28,29,30);4-5,12-16,19-20H,6-11H2,1-3H3,(H,27,28,29);3-5,8-9,12-14,16-17,21H,6-7,10-11,15H2,1-2H3,(H,26,28,29)/t17?,20?,21-;;;/m1.../s1. The minimum Gasteiger partial charge on any atom is -0.475 e. The minimum atomic E-state index is -0.614. The maximum Gasteiger partial charge on any atom is 0.288 e. The molecule has 0 radical (unpaired) electrons. The van der Waals surface area contributed by atoms with E-state index in [2.05, 4.69) is 99.7 Å². The van der Waals surface area contributed by atoms with Crippen LogP contribution in [0.1, 0.15) is 111 Å². The summed E-state index contributed by atoms with van der Waals surface area (Å²) in [5.41, 5.74) is 4.09. The molecule has 16 heterocycles. The lowest BCUT2D eigenvalue weighted by Crippen LogP contribution is -2.46. The van der Waals surface area contributed by atoms with Crippen LogP contribution in [0.5, 0.6) is 0 Å². The molecule has 0 aromatic carbocycles. The Labute approximate surface area is 837 Å². The molecule has 4 aliphatic carbocycles. The zero-order chi connectivity index (χ0) is 98.4. The molecule has 15 aliphatic rings. The minimum absolute atomic E-state index is 0.0174. The Balaban J connectivity index is 0.000000129. The lowest BCUT2D eigenvalue weighted by molar-refractivity contribution is -0.140. The highest BCUT2D eigenvalue weighted by molar-refractivity contribution is 6.34. The van der Waals surface area contributed by atoms with Crippen LogP contribution in [-0.2, 0) is 54.3 Å². The van der Waals surface area contributed by atoms with Gasteiger partial charge in [-0.25, -0.2) is 19.9 Å². The lowest BCUT2D eigenvalue weighted by atomic mass is 9.87. The smallest absolute Gasteiger partial charge is 0.288 e. The first kappa shape index (κ1) is 99.2. The maximum absolute atomic E-state index is 12.9. The summed E-state index contributed by atoms with van der Waals surface area (Å²) in [5.74, 6) is 7.43. The number of ether oxygens (including phenoxy) is 3. The molecule has 11 atom stereocenters. The number of hydrogen-bond acceptors (Lipinski definition) is 27. The molecule has 0 saturated carbocycles. The van der Waals surface area contributed by atoms with Crippen LogP contribution in [-0.4, -0.2) is 289 Å². The predicted octanol–water partition coefficient (Wildman–Crippen LogP) is 12.8. The van der Waals surface area contributed by atoms with Gasteiger partial charge in [-0.1, -0.05) is 142 Å². The summed E-state index contributed by atoms with van der Waals surface area (Å²) in [5, 5.41) is 19.4. The van der Waals surface area contributed by atoms with Crippen molar-refractivity contribution in [3.05, 3.63) is 206 Å². The van der Waals surface area contributed by atoms with Gasteiger partial charge in [-0.05, 0) is 124 Å². The average Bonchev–Trinajstić information content (AvgIpc) is 1.24. The van der Waals surface area contributed by atoms with E-state index in [0.29, 0.717) is 113 Å². The van der Waals surface area contributed by atoms with Crippen LogP contribution >= 0.6 is 46.4 Å². The van der Waals surface area contributed by atoms with E-state index in [1.165, 1.54) is 12.8 Å². The SMILES string of the molecule is CC1CCN(c2ncc(Cl)c(NC3=CC4C=C(Cn5cccn5)C(=O)N(C)C4C=C3)n2)CC1.CC1CCN(c2ncc(Cl)c(NC3=CC4C=C(OC5CCN(C)C5=O)C(=O)N(C)C4C=C3)n2)CC1.CCC1CCN(c2ncc(Cl)c(NC3=CC4C=C(OC5CCN(C)C5=O)C(=O)N(C)C4C=C3)n2)CC1.CCC1CCN(c2ncc(Cl)c(NC3=CC4C=C(O[C@@H]5CCN(C)C5=O)C(=O)N(C)C4C=C3)n2)CC1. The number of nitrogens with one attached hydrogen (secondary N) is 4. The number of halogens is 4. The van der Waals surface area contributed by atoms with Gasteiger partial charge in [0.15, 0.2) is 58.9 Å². The van der Waals surface area contributed by atoms with Crippen molar-refractivity contribution in [2.45, 2.75) is 160 Å². The number of amides is 7. The van der Waals surface area contributed by atoms with Crippen LogP contribution in [0.15, 0.2) is 186 Å². The van der Waals surface area contributed by atoms with Crippen molar-refractivity contribution in [2.75, 3.05) is 162 Å². The second-order valence-electron chi connectivity index (χ2n) is 38.8. The number of rotatable bonds is 22. The number of piperidine rings is 4. The Morgan fingerprint density at radius 3 is 0.900 bits per heavy atom.